The predicted molar refractivity (Wildman–Crippen MR) is 118 cm³/mol. The van der Waals surface area contributed by atoms with Gasteiger partial charge in [0.2, 0.25) is 0 Å². The predicted octanol–water partition coefficient (Wildman–Crippen LogP) is 2.15. The van der Waals surface area contributed by atoms with E-state index in [0.717, 1.165) is 44.4 Å². The lowest BCUT2D eigenvalue weighted by Gasteiger charge is -2.47. The van der Waals surface area contributed by atoms with Crippen molar-refractivity contribution in [1.29, 1.82) is 0 Å². The van der Waals surface area contributed by atoms with Gasteiger partial charge in [-0.25, -0.2) is 0 Å². The number of aliphatic imine (C=N–C) groups is 1. The molecule has 0 bridgehead atoms. The van der Waals surface area contributed by atoms with Crippen LogP contribution in [0, 0.1) is 0 Å². The van der Waals surface area contributed by atoms with E-state index in [-0.39, 0.29) is 5.54 Å². The highest BCUT2D eigenvalue weighted by molar-refractivity contribution is 7.99. The van der Waals surface area contributed by atoms with Gasteiger partial charge >= 0.3 is 0 Å². The van der Waals surface area contributed by atoms with E-state index in [4.69, 9.17) is 4.99 Å². The van der Waals surface area contributed by atoms with Gasteiger partial charge in [-0.15, -0.1) is 10.2 Å². The van der Waals surface area contributed by atoms with Crippen molar-refractivity contribution in [2.24, 2.45) is 4.99 Å². The second-order valence-corrected chi connectivity index (χ2v) is 9.03. The number of aryl methyl sites for hydroxylation is 1. The Hall–Kier alpha value is -1.28. The zero-order valence-corrected chi connectivity index (χ0v) is 18.4. The van der Waals surface area contributed by atoms with Crippen LogP contribution in [-0.4, -0.2) is 75.4 Å². The third-order valence-electron chi connectivity index (χ3n) is 6.00. The first-order chi connectivity index (χ1) is 13.8. The second kappa shape index (κ2) is 11.0. The van der Waals surface area contributed by atoms with Crippen LogP contribution in [0.4, 0.5) is 0 Å². The fourth-order valence-corrected chi connectivity index (χ4v) is 5.33. The number of rotatable bonds is 8. The third-order valence-corrected chi connectivity index (χ3v) is 6.94. The lowest BCUT2D eigenvalue weighted by molar-refractivity contribution is 0.0672. The number of hydrogen-bond acceptors (Lipinski definition) is 5. The quantitative estimate of drug-likeness (QED) is 0.508. The van der Waals surface area contributed by atoms with Gasteiger partial charge in [0.25, 0.3) is 0 Å². The Bertz CT molecular complexity index is 603. The number of hydrogen-bond donors (Lipinski definition) is 2. The fraction of sp³-hybridized carbons (Fsp3) is 0.850. The normalized spacial score (nSPS) is 20.9. The van der Waals surface area contributed by atoms with Crippen LogP contribution in [0.2, 0.25) is 0 Å². The number of nitrogens with one attached hydrogen (secondary N) is 2. The Kier molecular flexibility index (Phi) is 8.45. The molecule has 0 unspecified atom stereocenters. The molecule has 0 radical (unpaired) electrons. The van der Waals surface area contributed by atoms with Crippen molar-refractivity contribution in [1.82, 2.24) is 30.3 Å². The molecule has 2 heterocycles. The van der Waals surface area contributed by atoms with E-state index in [1.807, 2.05) is 6.33 Å². The summed E-state index contributed by atoms with van der Waals surface area (Å²) in [6, 6.07) is 0. The molecule has 7 nitrogen and oxygen atoms in total. The van der Waals surface area contributed by atoms with Crippen LogP contribution in [0.15, 0.2) is 11.3 Å². The summed E-state index contributed by atoms with van der Waals surface area (Å²) in [5.41, 5.74) is 0.269. The molecule has 2 N–H and O–H groups in total. The van der Waals surface area contributed by atoms with E-state index in [0.29, 0.717) is 0 Å². The Morgan fingerprint density at radius 1 is 1.18 bits per heavy atom. The maximum absolute atomic E-state index is 5.05. The van der Waals surface area contributed by atoms with Crippen molar-refractivity contribution in [2.45, 2.75) is 64.5 Å². The van der Waals surface area contributed by atoms with Gasteiger partial charge in [-0.05, 0) is 19.8 Å². The molecule has 1 saturated carbocycles. The smallest absolute Gasteiger partial charge is 0.191 e. The molecular formula is C20H37N7S. The Morgan fingerprint density at radius 3 is 2.68 bits per heavy atom. The fourth-order valence-electron chi connectivity index (χ4n) is 4.42. The summed E-state index contributed by atoms with van der Waals surface area (Å²) < 4.78 is 2.12. The van der Waals surface area contributed by atoms with Gasteiger partial charge in [0.15, 0.2) is 5.96 Å². The maximum Gasteiger partial charge on any atom is 0.191 e. The second-order valence-electron chi connectivity index (χ2n) is 7.80. The van der Waals surface area contributed by atoms with Crippen molar-refractivity contribution in [3.05, 3.63) is 12.2 Å². The Balaban J connectivity index is 1.60. The molecule has 0 amide bonds. The minimum absolute atomic E-state index is 0.269. The highest BCUT2D eigenvalue weighted by atomic mass is 32.2. The van der Waals surface area contributed by atoms with Crippen molar-refractivity contribution >= 4 is 17.7 Å². The van der Waals surface area contributed by atoms with Crippen molar-refractivity contribution < 1.29 is 0 Å². The molecule has 1 saturated heterocycles. The molecule has 1 aliphatic carbocycles. The molecule has 2 fully saturated rings. The lowest BCUT2D eigenvalue weighted by Crippen LogP contribution is -2.55. The monoisotopic (exact) mass is 407 g/mol. The summed E-state index contributed by atoms with van der Waals surface area (Å²) in [7, 11) is 0. The van der Waals surface area contributed by atoms with E-state index in [9.17, 15) is 0 Å². The number of guanidine groups is 1. The maximum atomic E-state index is 5.05. The Labute approximate surface area is 174 Å². The summed E-state index contributed by atoms with van der Waals surface area (Å²) in [6.07, 6.45) is 9.38. The van der Waals surface area contributed by atoms with E-state index in [1.165, 1.54) is 56.7 Å². The van der Waals surface area contributed by atoms with Crippen LogP contribution < -0.4 is 10.6 Å². The first-order valence-corrected chi connectivity index (χ1v) is 12.1. The van der Waals surface area contributed by atoms with Gasteiger partial charge in [-0.1, -0.05) is 26.2 Å². The minimum atomic E-state index is 0.269. The highest BCUT2D eigenvalue weighted by Gasteiger charge is 2.38. The average Bonchev–Trinajstić information content (AvgIpc) is 3.21. The van der Waals surface area contributed by atoms with Gasteiger partial charge < -0.3 is 15.2 Å². The molecule has 8 heteroatoms. The largest absolute Gasteiger partial charge is 0.357 e. The number of aromatic nitrogens is 3. The van der Waals surface area contributed by atoms with E-state index >= 15 is 0 Å². The van der Waals surface area contributed by atoms with Crippen LogP contribution in [0.25, 0.3) is 0 Å². The SMILES string of the molecule is CCNC(=NCC1(N2CCSCC2)CCCCC1)NCCn1cnnc1CC. The van der Waals surface area contributed by atoms with Crippen LogP contribution in [0.5, 0.6) is 0 Å². The topological polar surface area (TPSA) is 70.4 Å². The number of nitrogens with zero attached hydrogens (tertiary/aromatic N) is 5. The molecule has 2 aliphatic rings. The highest BCUT2D eigenvalue weighted by Crippen LogP contribution is 2.35. The molecule has 28 heavy (non-hydrogen) atoms. The van der Waals surface area contributed by atoms with Crippen molar-refractivity contribution in [3.8, 4) is 0 Å². The third kappa shape index (κ3) is 5.63. The van der Waals surface area contributed by atoms with Gasteiger partial charge in [-0.2, -0.15) is 11.8 Å². The first-order valence-electron chi connectivity index (χ1n) is 11.0. The van der Waals surface area contributed by atoms with Crippen molar-refractivity contribution in [3.63, 3.8) is 0 Å². The van der Waals surface area contributed by atoms with E-state index in [1.54, 1.807) is 0 Å². The molecule has 1 aliphatic heterocycles. The van der Waals surface area contributed by atoms with Crippen LogP contribution >= 0.6 is 11.8 Å². The number of thioether (sulfide) groups is 1. The van der Waals surface area contributed by atoms with Gasteiger partial charge in [0.1, 0.15) is 12.2 Å². The Morgan fingerprint density at radius 2 is 1.96 bits per heavy atom. The summed E-state index contributed by atoms with van der Waals surface area (Å²) in [6.45, 7) is 10.1. The molecule has 158 valence electrons. The first kappa shape index (κ1) is 21.4. The summed E-state index contributed by atoms with van der Waals surface area (Å²) >= 11 is 2.09. The van der Waals surface area contributed by atoms with Gasteiger partial charge in [0.05, 0.1) is 6.54 Å². The zero-order chi connectivity index (χ0) is 19.7. The van der Waals surface area contributed by atoms with Gasteiger partial charge in [-0.3, -0.25) is 9.89 Å². The molecule has 1 aromatic heterocycles. The zero-order valence-electron chi connectivity index (χ0n) is 17.6. The van der Waals surface area contributed by atoms with Crippen LogP contribution in [0.1, 0.15) is 51.8 Å². The van der Waals surface area contributed by atoms with Crippen molar-refractivity contribution in [2.75, 3.05) is 44.2 Å². The molecule has 0 atom stereocenters. The molecular weight excluding hydrogens is 370 g/mol. The minimum Gasteiger partial charge on any atom is -0.357 e. The summed E-state index contributed by atoms with van der Waals surface area (Å²) in [5, 5.41) is 15.1. The lowest BCUT2D eigenvalue weighted by atomic mass is 9.80. The van der Waals surface area contributed by atoms with Gasteiger partial charge in [0, 0.05) is 56.2 Å². The average molecular weight is 408 g/mol. The molecule has 1 aromatic rings. The molecule has 0 spiro atoms. The van der Waals surface area contributed by atoms with E-state index in [2.05, 4.69) is 55.9 Å². The summed E-state index contributed by atoms with van der Waals surface area (Å²) in [4.78, 5) is 7.80. The molecule has 3 rings (SSSR count). The van der Waals surface area contributed by atoms with E-state index < -0.39 is 0 Å². The van der Waals surface area contributed by atoms with Crippen LogP contribution in [-0.2, 0) is 13.0 Å². The standard InChI is InChI=1S/C20H37N7S/c1-3-18-25-24-17-26(18)11-10-22-19(21-4-2)23-16-20(8-6-5-7-9-20)27-12-14-28-15-13-27/h17H,3-16H2,1-2H3,(H2,21,22,23). The molecule has 0 aromatic carbocycles. The van der Waals surface area contributed by atoms with Crippen LogP contribution in [0.3, 0.4) is 0 Å². The summed E-state index contributed by atoms with van der Waals surface area (Å²) in [5.74, 6) is 4.50.